The van der Waals surface area contributed by atoms with Gasteiger partial charge in [0.25, 0.3) is 0 Å². The Bertz CT molecular complexity index is 622. The van der Waals surface area contributed by atoms with Gasteiger partial charge in [0, 0.05) is 12.5 Å². The summed E-state index contributed by atoms with van der Waals surface area (Å²) in [5.74, 6) is -0.956. The van der Waals surface area contributed by atoms with Crippen molar-refractivity contribution >= 4 is 21.5 Å². The number of hydrogen-bond acceptors (Lipinski definition) is 4. The van der Waals surface area contributed by atoms with Crippen LogP contribution in [-0.4, -0.2) is 31.3 Å². The van der Waals surface area contributed by atoms with E-state index in [-0.39, 0.29) is 18.2 Å². The molecule has 0 aliphatic carbocycles. The van der Waals surface area contributed by atoms with Gasteiger partial charge in [0.1, 0.15) is 0 Å². The van der Waals surface area contributed by atoms with E-state index in [1.807, 2.05) is 13.0 Å². The maximum absolute atomic E-state index is 12.3. The van der Waals surface area contributed by atoms with Crippen molar-refractivity contribution in [2.45, 2.75) is 37.6 Å². The van der Waals surface area contributed by atoms with Crippen molar-refractivity contribution < 1.29 is 18.3 Å². The highest BCUT2D eigenvalue weighted by molar-refractivity contribution is 7.91. The highest BCUT2D eigenvalue weighted by Crippen LogP contribution is 2.33. The molecule has 1 atom stereocenters. The molecule has 5 nitrogen and oxygen atoms in total. The molecule has 2 N–H and O–H groups in total. The first-order chi connectivity index (χ1) is 8.79. The third kappa shape index (κ3) is 2.89. The fourth-order valence-corrected chi connectivity index (χ4v) is 4.49. The van der Waals surface area contributed by atoms with Crippen molar-refractivity contribution in [3.8, 4) is 0 Å². The molecule has 0 spiro atoms. The molecule has 1 unspecified atom stereocenters. The van der Waals surface area contributed by atoms with Crippen molar-refractivity contribution in [3.63, 3.8) is 0 Å². The normalized spacial score (nSPS) is 20.4. The molecule has 1 aliphatic rings. The number of sulfone groups is 1. The Balaban J connectivity index is 2.36. The zero-order valence-corrected chi connectivity index (χ0v) is 11.8. The monoisotopic (exact) mass is 283 g/mol. The fraction of sp³-hybridized carbons (Fsp3) is 0.462. The summed E-state index contributed by atoms with van der Waals surface area (Å²) in [5, 5.41) is 11.8. The number of carboxylic acids is 1. The number of rotatable bonds is 3. The lowest BCUT2D eigenvalue weighted by atomic mass is 10.1. The molecular weight excluding hydrogens is 266 g/mol. The quantitative estimate of drug-likeness (QED) is 0.882. The van der Waals surface area contributed by atoms with E-state index in [9.17, 15) is 13.2 Å². The first-order valence-electron chi connectivity index (χ1n) is 6.12. The maximum Gasteiger partial charge on any atom is 0.303 e. The van der Waals surface area contributed by atoms with Crippen LogP contribution in [-0.2, 0) is 14.6 Å². The number of aliphatic carboxylic acids is 1. The van der Waals surface area contributed by atoms with Gasteiger partial charge in [0.05, 0.1) is 16.3 Å². The number of hydrogen-bond donors (Lipinski definition) is 2. The lowest BCUT2D eigenvalue weighted by Gasteiger charge is -2.28. The van der Waals surface area contributed by atoms with Crippen molar-refractivity contribution in [1.82, 2.24) is 0 Å². The summed E-state index contributed by atoms with van der Waals surface area (Å²) in [5.41, 5.74) is 2.32. The summed E-state index contributed by atoms with van der Waals surface area (Å²) in [7, 11) is -3.34. The Morgan fingerprint density at radius 2 is 2.11 bits per heavy atom. The van der Waals surface area contributed by atoms with Gasteiger partial charge in [-0.25, -0.2) is 8.42 Å². The van der Waals surface area contributed by atoms with Crippen molar-refractivity contribution in [1.29, 1.82) is 0 Å². The molecule has 1 heterocycles. The highest BCUT2D eigenvalue weighted by Gasteiger charge is 2.31. The zero-order valence-electron chi connectivity index (χ0n) is 10.9. The summed E-state index contributed by atoms with van der Waals surface area (Å²) in [4.78, 5) is 10.9. The summed E-state index contributed by atoms with van der Waals surface area (Å²) in [6.07, 6.45) is 0.272. The molecule has 0 bridgehead atoms. The standard InChI is InChI=1S/C13H17NO4S/c1-8-5-9(2)13-11(6-8)14-10(3-4-12(15)16)7-19(13,17)18/h5-6,10,14H,3-4,7H2,1-2H3,(H,15,16). The van der Waals surface area contributed by atoms with E-state index in [0.717, 1.165) is 11.1 Å². The second-order valence-corrected chi connectivity index (χ2v) is 6.98. The van der Waals surface area contributed by atoms with Crippen LogP contribution in [0.3, 0.4) is 0 Å². The lowest BCUT2D eigenvalue weighted by molar-refractivity contribution is -0.137. The molecule has 0 saturated heterocycles. The van der Waals surface area contributed by atoms with Gasteiger partial charge in [-0.3, -0.25) is 4.79 Å². The summed E-state index contributed by atoms with van der Waals surface area (Å²) in [6.45, 7) is 3.69. The van der Waals surface area contributed by atoms with Crippen molar-refractivity contribution in [2.24, 2.45) is 0 Å². The van der Waals surface area contributed by atoms with Gasteiger partial charge >= 0.3 is 5.97 Å². The Hall–Kier alpha value is -1.56. The second kappa shape index (κ2) is 4.85. The van der Waals surface area contributed by atoms with Gasteiger partial charge in [0.2, 0.25) is 0 Å². The molecule has 0 fully saturated rings. The van der Waals surface area contributed by atoms with Gasteiger partial charge in [-0.2, -0.15) is 0 Å². The largest absolute Gasteiger partial charge is 0.481 e. The third-order valence-electron chi connectivity index (χ3n) is 3.22. The Morgan fingerprint density at radius 1 is 1.42 bits per heavy atom. The van der Waals surface area contributed by atoms with E-state index in [1.165, 1.54) is 0 Å². The molecule has 6 heteroatoms. The molecule has 2 rings (SSSR count). The van der Waals surface area contributed by atoms with Crippen LogP contribution in [0.25, 0.3) is 0 Å². The number of fused-ring (bicyclic) bond motifs is 1. The minimum atomic E-state index is -3.34. The minimum Gasteiger partial charge on any atom is -0.481 e. The fourth-order valence-electron chi connectivity index (χ4n) is 2.54. The summed E-state index contributed by atoms with van der Waals surface area (Å²) in [6, 6.07) is 3.30. The molecule has 0 amide bonds. The zero-order chi connectivity index (χ0) is 14.2. The molecule has 0 aromatic heterocycles. The number of aryl methyl sites for hydroxylation is 2. The van der Waals surface area contributed by atoms with Crippen LogP contribution in [0.15, 0.2) is 17.0 Å². The van der Waals surface area contributed by atoms with Crippen molar-refractivity contribution in [3.05, 3.63) is 23.3 Å². The molecule has 1 aliphatic heterocycles. The number of carbonyl (C=O) groups is 1. The number of nitrogens with one attached hydrogen (secondary N) is 1. The molecule has 104 valence electrons. The topological polar surface area (TPSA) is 83.5 Å². The number of benzene rings is 1. The smallest absolute Gasteiger partial charge is 0.303 e. The first-order valence-corrected chi connectivity index (χ1v) is 7.77. The van der Waals surface area contributed by atoms with Crippen LogP contribution in [0.4, 0.5) is 5.69 Å². The van der Waals surface area contributed by atoms with E-state index >= 15 is 0 Å². The Morgan fingerprint density at radius 3 is 2.74 bits per heavy atom. The lowest BCUT2D eigenvalue weighted by Crippen LogP contribution is -2.35. The summed E-state index contributed by atoms with van der Waals surface area (Å²) >= 11 is 0. The molecule has 19 heavy (non-hydrogen) atoms. The molecule has 0 saturated carbocycles. The van der Waals surface area contributed by atoms with Gasteiger partial charge in [-0.05, 0) is 37.5 Å². The maximum atomic E-state index is 12.3. The summed E-state index contributed by atoms with van der Waals surface area (Å²) < 4.78 is 24.5. The molecular formula is C13H17NO4S. The van der Waals surface area contributed by atoms with E-state index in [2.05, 4.69) is 5.32 Å². The van der Waals surface area contributed by atoms with Crippen LogP contribution in [0.5, 0.6) is 0 Å². The average Bonchev–Trinajstić information content (AvgIpc) is 2.23. The van der Waals surface area contributed by atoms with Crippen LogP contribution in [0.2, 0.25) is 0 Å². The average molecular weight is 283 g/mol. The van der Waals surface area contributed by atoms with Crippen LogP contribution in [0.1, 0.15) is 24.0 Å². The second-order valence-electron chi connectivity index (χ2n) is 5.01. The first kappa shape index (κ1) is 13.9. The molecule has 1 aromatic rings. The minimum absolute atomic E-state index is 0.0344. The predicted molar refractivity (Wildman–Crippen MR) is 72.2 cm³/mol. The van der Waals surface area contributed by atoms with E-state index < -0.39 is 15.8 Å². The number of carboxylic acid groups (broad SMARTS) is 1. The Kier molecular flexibility index (Phi) is 3.54. The van der Waals surface area contributed by atoms with Crippen LogP contribution in [0, 0.1) is 13.8 Å². The molecule has 1 aromatic carbocycles. The van der Waals surface area contributed by atoms with Gasteiger partial charge in [-0.15, -0.1) is 0 Å². The van der Waals surface area contributed by atoms with E-state index in [1.54, 1.807) is 13.0 Å². The van der Waals surface area contributed by atoms with Gasteiger partial charge < -0.3 is 10.4 Å². The highest BCUT2D eigenvalue weighted by atomic mass is 32.2. The number of anilines is 1. The van der Waals surface area contributed by atoms with Crippen LogP contribution < -0.4 is 5.32 Å². The predicted octanol–water partition coefficient (Wildman–Crippen LogP) is 1.74. The van der Waals surface area contributed by atoms with E-state index in [4.69, 9.17) is 5.11 Å². The van der Waals surface area contributed by atoms with Gasteiger partial charge in [-0.1, -0.05) is 6.07 Å². The van der Waals surface area contributed by atoms with Gasteiger partial charge in [0.15, 0.2) is 9.84 Å². The molecule has 0 radical (unpaired) electrons. The van der Waals surface area contributed by atoms with E-state index in [0.29, 0.717) is 17.0 Å². The SMILES string of the molecule is Cc1cc(C)c2c(c1)NC(CCC(=O)O)CS2(=O)=O. The Labute approximate surface area is 112 Å². The third-order valence-corrected chi connectivity index (χ3v) is 5.22. The van der Waals surface area contributed by atoms with Crippen molar-refractivity contribution in [2.75, 3.05) is 11.1 Å². The van der Waals surface area contributed by atoms with Crippen LogP contribution >= 0.6 is 0 Å².